The molecule has 10 heteroatoms. The van der Waals surface area contributed by atoms with Crippen LogP contribution in [0.25, 0.3) is 5.82 Å². The summed E-state index contributed by atoms with van der Waals surface area (Å²) in [7, 11) is 0. The van der Waals surface area contributed by atoms with Gasteiger partial charge in [-0.1, -0.05) is 12.1 Å². The van der Waals surface area contributed by atoms with Crippen LogP contribution in [-0.2, 0) is 11.2 Å². The zero-order chi connectivity index (χ0) is 22.6. The maximum atomic E-state index is 13.5. The van der Waals surface area contributed by atoms with E-state index in [4.69, 9.17) is 4.52 Å². The summed E-state index contributed by atoms with van der Waals surface area (Å²) in [6, 6.07) is 2.75. The number of amides is 3. The third-order valence-electron chi connectivity index (χ3n) is 6.21. The Balaban J connectivity index is 1.57. The van der Waals surface area contributed by atoms with Crippen LogP contribution in [0.15, 0.2) is 16.7 Å². The van der Waals surface area contributed by atoms with Crippen molar-refractivity contribution in [3.05, 3.63) is 34.8 Å². The molecule has 4 rings (SSSR count). The van der Waals surface area contributed by atoms with E-state index in [0.717, 1.165) is 10.6 Å². The van der Waals surface area contributed by atoms with Crippen LogP contribution < -0.4 is 5.32 Å². The summed E-state index contributed by atoms with van der Waals surface area (Å²) >= 11 is 0. The number of nitrogens with one attached hydrogen (secondary N) is 1. The van der Waals surface area contributed by atoms with Gasteiger partial charge in [-0.2, -0.15) is 0 Å². The second-order valence-corrected chi connectivity index (χ2v) is 8.30. The Bertz CT molecular complexity index is 1060. The second kappa shape index (κ2) is 7.28. The van der Waals surface area contributed by atoms with Gasteiger partial charge in [0.25, 0.3) is 5.91 Å². The highest BCUT2D eigenvalue weighted by molar-refractivity contribution is 6.11. The predicted octanol–water partition coefficient (Wildman–Crippen LogP) is 3.33. The lowest BCUT2D eigenvalue weighted by molar-refractivity contribution is -0.135. The van der Waals surface area contributed by atoms with E-state index < -0.39 is 48.6 Å². The first-order valence-corrected chi connectivity index (χ1v) is 10.3. The zero-order valence-electron chi connectivity index (χ0n) is 17.6. The molecule has 0 unspecified atom stereocenters. The van der Waals surface area contributed by atoms with Crippen LogP contribution in [0.3, 0.4) is 0 Å². The lowest BCUT2D eigenvalue weighted by Gasteiger charge is -2.34. The van der Waals surface area contributed by atoms with Crippen molar-refractivity contribution >= 4 is 17.7 Å². The van der Waals surface area contributed by atoms with Crippen molar-refractivity contribution in [2.75, 3.05) is 6.54 Å². The Hall–Kier alpha value is -3.04. The summed E-state index contributed by atoms with van der Waals surface area (Å²) in [5.74, 6) is -2.69. The molecule has 0 bridgehead atoms. The van der Waals surface area contributed by atoms with Gasteiger partial charge in [0.15, 0.2) is 11.6 Å². The first kappa shape index (κ1) is 21.2. The molecule has 0 radical (unpaired) electrons. The van der Waals surface area contributed by atoms with E-state index in [0.29, 0.717) is 29.3 Å². The van der Waals surface area contributed by atoms with Gasteiger partial charge in [0, 0.05) is 35.9 Å². The number of urea groups is 1. The van der Waals surface area contributed by atoms with Gasteiger partial charge in [-0.05, 0) is 39.2 Å². The molecule has 2 aliphatic rings. The van der Waals surface area contributed by atoms with E-state index in [9.17, 15) is 23.2 Å². The summed E-state index contributed by atoms with van der Waals surface area (Å²) in [4.78, 5) is 39.3. The highest BCUT2D eigenvalue weighted by Gasteiger charge is 2.55. The number of ketones is 1. The Kier molecular flexibility index (Phi) is 4.98. The third kappa shape index (κ3) is 3.53. The Labute approximate surface area is 177 Å². The summed E-state index contributed by atoms with van der Waals surface area (Å²) in [5.41, 5.74) is 0.480. The van der Waals surface area contributed by atoms with E-state index in [1.165, 1.54) is 0 Å². The average Bonchev–Trinajstić information content (AvgIpc) is 3.35. The van der Waals surface area contributed by atoms with Crippen LogP contribution in [-0.4, -0.2) is 50.4 Å². The highest BCUT2D eigenvalue weighted by atomic mass is 19.3. The molecule has 1 N–H and O–H groups in total. The molecule has 0 atom stereocenters. The molecular formula is C21H24F2N4O4. The standard InChI is InChI=1S/C21H24F2N4O4/c1-4-14-10-15(13(3)27(14)17-9-12(2)31-25-17)16(28)11-26-18(29)20(24-19(26)30)5-7-21(22,23)8-6-20/h9-10H,4-8,11H2,1-3H3,(H,24,30). The molecule has 3 amide bonds. The molecule has 1 aliphatic carbocycles. The maximum Gasteiger partial charge on any atom is 0.325 e. The number of carbonyl (C=O) groups excluding carboxylic acids is 3. The minimum absolute atomic E-state index is 0.143. The number of imide groups is 1. The van der Waals surface area contributed by atoms with Crippen molar-refractivity contribution in [2.45, 2.75) is 64.3 Å². The fourth-order valence-electron chi connectivity index (χ4n) is 4.42. The zero-order valence-corrected chi connectivity index (χ0v) is 17.6. The highest BCUT2D eigenvalue weighted by Crippen LogP contribution is 2.41. The van der Waals surface area contributed by atoms with Crippen LogP contribution in [0, 0.1) is 13.8 Å². The topological polar surface area (TPSA) is 97.4 Å². The molecule has 3 heterocycles. The van der Waals surface area contributed by atoms with Gasteiger partial charge in [-0.15, -0.1) is 0 Å². The first-order chi connectivity index (χ1) is 14.6. The summed E-state index contributed by atoms with van der Waals surface area (Å²) < 4.78 is 34.0. The van der Waals surface area contributed by atoms with E-state index in [2.05, 4.69) is 10.5 Å². The van der Waals surface area contributed by atoms with Crippen molar-refractivity contribution in [1.29, 1.82) is 0 Å². The lowest BCUT2D eigenvalue weighted by atomic mass is 9.80. The number of Topliss-reactive ketones (excluding diaryl/α,β-unsaturated/α-hetero) is 1. The molecular weight excluding hydrogens is 410 g/mol. The smallest absolute Gasteiger partial charge is 0.325 e. The van der Waals surface area contributed by atoms with Crippen LogP contribution in [0.5, 0.6) is 0 Å². The average molecular weight is 434 g/mol. The van der Waals surface area contributed by atoms with Gasteiger partial charge in [-0.3, -0.25) is 19.1 Å². The molecule has 2 aromatic rings. The van der Waals surface area contributed by atoms with Crippen LogP contribution in [0.1, 0.15) is 60.1 Å². The minimum Gasteiger partial charge on any atom is -0.360 e. The van der Waals surface area contributed by atoms with Gasteiger partial charge in [-0.25, -0.2) is 13.6 Å². The van der Waals surface area contributed by atoms with E-state index in [1.54, 1.807) is 30.5 Å². The van der Waals surface area contributed by atoms with Crippen molar-refractivity contribution in [2.24, 2.45) is 0 Å². The second-order valence-electron chi connectivity index (χ2n) is 8.30. The van der Waals surface area contributed by atoms with Crippen molar-refractivity contribution < 1.29 is 27.7 Å². The number of rotatable bonds is 5. The Morgan fingerprint density at radius 2 is 1.87 bits per heavy atom. The number of halogens is 2. The molecule has 8 nitrogen and oxygen atoms in total. The number of hydrogen-bond donors (Lipinski definition) is 1. The Morgan fingerprint density at radius 1 is 1.19 bits per heavy atom. The normalized spacial score (nSPS) is 19.8. The summed E-state index contributed by atoms with van der Waals surface area (Å²) in [6.07, 6.45) is -0.605. The largest absolute Gasteiger partial charge is 0.360 e. The van der Waals surface area contributed by atoms with E-state index >= 15 is 0 Å². The number of aryl methyl sites for hydroxylation is 2. The molecule has 0 aromatic carbocycles. The monoisotopic (exact) mass is 434 g/mol. The van der Waals surface area contributed by atoms with Crippen LogP contribution in [0.4, 0.5) is 13.6 Å². The van der Waals surface area contributed by atoms with E-state index in [-0.39, 0.29) is 12.8 Å². The number of hydrogen-bond acceptors (Lipinski definition) is 5. The summed E-state index contributed by atoms with van der Waals surface area (Å²) in [5, 5.41) is 6.57. The lowest BCUT2D eigenvalue weighted by Crippen LogP contribution is -2.51. The van der Waals surface area contributed by atoms with Crippen LogP contribution >= 0.6 is 0 Å². The first-order valence-electron chi connectivity index (χ1n) is 10.3. The SMILES string of the molecule is CCc1cc(C(=O)CN2C(=O)NC3(CCC(F)(F)CC3)C2=O)c(C)n1-c1cc(C)on1. The van der Waals surface area contributed by atoms with Crippen molar-refractivity contribution in [1.82, 2.24) is 19.9 Å². The maximum absolute atomic E-state index is 13.5. The van der Waals surface area contributed by atoms with Gasteiger partial charge in [0.05, 0.1) is 6.54 Å². The number of nitrogens with zero attached hydrogens (tertiary/aromatic N) is 3. The van der Waals surface area contributed by atoms with Gasteiger partial charge >= 0.3 is 6.03 Å². The summed E-state index contributed by atoms with van der Waals surface area (Å²) in [6.45, 7) is 5.01. The predicted molar refractivity (Wildman–Crippen MR) is 105 cm³/mol. The van der Waals surface area contributed by atoms with Crippen molar-refractivity contribution in [3.8, 4) is 5.82 Å². The molecule has 166 valence electrons. The molecule has 1 saturated carbocycles. The molecule has 31 heavy (non-hydrogen) atoms. The van der Waals surface area contributed by atoms with Gasteiger partial charge < -0.3 is 9.84 Å². The third-order valence-corrected chi connectivity index (χ3v) is 6.21. The molecule has 2 aromatic heterocycles. The number of aromatic nitrogens is 2. The van der Waals surface area contributed by atoms with Crippen molar-refractivity contribution in [3.63, 3.8) is 0 Å². The van der Waals surface area contributed by atoms with E-state index in [1.807, 2.05) is 6.92 Å². The van der Waals surface area contributed by atoms with Gasteiger partial charge in [0.2, 0.25) is 5.92 Å². The number of alkyl halides is 2. The molecule has 1 saturated heterocycles. The fraction of sp³-hybridized carbons (Fsp3) is 0.524. The minimum atomic E-state index is -2.84. The molecule has 1 aliphatic heterocycles. The van der Waals surface area contributed by atoms with Crippen LogP contribution in [0.2, 0.25) is 0 Å². The number of carbonyl (C=O) groups is 3. The fourth-order valence-corrected chi connectivity index (χ4v) is 4.42. The molecule has 2 fully saturated rings. The van der Waals surface area contributed by atoms with Gasteiger partial charge in [0.1, 0.15) is 11.3 Å². The molecule has 1 spiro atoms. The Morgan fingerprint density at radius 3 is 2.45 bits per heavy atom. The quantitative estimate of drug-likeness (QED) is 0.575.